The summed E-state index contributed by atoms with van der Waals surface area (Å²) in [7, 11) is 3.05. The molecule has 1 aromatic carbocycles. The summed E-state index contributed by atoms with van der Waals surface area (Å²) in [4.78, 5) is 42.4. The maximum absolute atomic E-state index is 15.8. The quantitative estimate of drug-likeness (QED) is 0.367. The zero-order valence-corrected chi connectivity index (χ0v) is 21.0. The lowest BCUT2D eigenvalue weighted by molar-refractivity contribution is -0.153. The number of rotatable bonds is 3. The van der Waals surface area contributed by atoms with E-state index in [1.807, 2.05) is 18.7 Å². The number of halogens is 1. The van der Waals surface area contributed by atoms with Crippen molar-refractivity contribution < 1.29 is 39.2 Å². The molecule has 0 bridgehead atoms. The molecule has 3 aliphatic carbocycles. The Morgan fingerprint density at radius 3 is 2.32 bits per heavy atom. The molecule has 0 radical (unpaired) electrons. The predicted molar refractivity (Wildman–Crippen MR) is 129 cm³/mol. The van der Waals surface area contributed by atoms with Crippen LogP contribution in [-0.2, 0) is 33.9 Å². The molecule has 1 amide bonds. The van der Waals surface area contributed by atoms with Gasteiger partial charge >= 0.3 is 0 Å². The normalized spacial score (nSPS) is 29.6. The number of carbonyl (C=O) groups is 3. The Hall–Kier alpha value is -3.28. The highest BCUT2D eigenvalue weighted by atomic mass is 19.1. The Morgan fingerprint density at radius 1 is 1.14 bits per heavy atom. The first-order chi connectivity index (χ1) is 17.2. The summed E-state index contributed by atoms with van der Waals surface area (Å²) in [6, 6.07) is -1.11. The van der Waals surface area contributed by atoms with Crippen LogP contribution in [0.4, 0.5) is 4.39 Å². The summed E-state index contributed by atoms with van der Waals surface area (Å²) >= 11 is 0. The highest BCUT2D eigenvalue weighted by Crippen LogP contribution is 2.54. The van der Waals surface area contributed by atoms with Crippen LogP contribution >= 0.6 is 0 Å². The van der Waals surface area contributed by atoms with Crippen LogP contribution in [0.2, 0.25) is 0 Å². The van der Waals surface area contributed by atoms with Crippen molar-refractivity contribution in [2.45, 2.75) is 57.5 Å². The molecule has 0 aromatic heterocycles. The average Bonchev–Trinajstić information content (AvgIpc) is 3.26. The fourth-order valence-electron chi connectivity index (χ4n) is 6.60. The van der Waals surface area contributed by atoms with Crippen molar-refractivity contribution in [2.24, 2.45) is 17.6 Å². The second-order valence-corrected chi connectivity index (χ2v) is 10.9. The van der Waals surface area contributed by atoms with Crippen LogP contribution in [0, 0.1) is 17.7 Å². The first kappa shape index (κ1) is 25.4. The number of aromatic hydroxyl groups is 1. The molecule has 1 saturated carbocycles. The molecule has 0 spiro atoms. The van der Waals surface area contributed by atoms with Crippen molar-refractivity contribution in [3.05, 3.63) is 45.0 Å². The highest BCUT2D eigenvalue weighted by molar-refractivity contribution is 6.24. The second kappa shape index (κ2) is 8.11. The number of likely N-dealkylation sites (N-methyl/N-ethyl adjacent to an activating group) is 1. The van der Waals surface area contributed by atoms with E-state index in [0.29, 0.717) is 11.1 Å². The minimum Gasteiger partial charge on any atom is -0.508 e. The van der Waals surface area contributed by atoms with Gasteiger partial charge in [-0.1, -0.05) is 0 Å². The number of ketones is 2. The van der Waals surface area contributed by atoms with Crippen molar-refractivity contribution in [2.75, 3.05) is 14.1 Å². The summed E-state index contributed by atoms with van der Waals surface area (Å²) in [5, 5.41) is 44.9. The number of phenolic OH excluding ortho intramolecular Hbond substituents is 1. The van der Waals surface area contributed by atoms with Crippen LogP contribution in [0.15, 0.2) is 16.9 Å². The molecule has 1 heterocycles. The van der Waals surface area contributed by atoms with E-state index >= 15 is 4.39 Å². The van der Waals surface area contributed by atoms with Gasteiger partial charge in [-0.15, -0.1) is 0 Å². The number of phenols is 1. The van der Waals surface area contributed by atoms with E-state index in [9.17, 15) is 34.8 Å². The second-order valence-electron chi connectivity index (χ2n) is 10.9. The van der Waals surface area contributed by atoms with Crippen LogP contribution < -0.4 is 5.73 Å². The van der Waals surface area contributed by atoms with E-state index in [1.165, 1.54) is 19.0 Å². The van der Waals surface area contributed by atoms with Crippen LogP contribution in [0.25, 0.3) is 5.76 Å². The van der Waals surface area contributed by atoms with E-state index in [1.54, 1.807) is 0 Å². The number of hydrogen-bond donors (Lipinski definition) is 5. The Bertz CT molecular complexity index is 1350. The maximum Gasteiger partial charge on any atom is 0.255 e. The van der Waals surface area contributed by atoms with E-state index < -0.39 is 63.9 Å². The van der Waals surface area contributed by atoms with Gasteiger partial charge in [-0.05, 0) is 46.7 Å². The Labute approximate surface area is 212 Å². The molecule has 5 rings (SSSR count). The number of amides is 1. The number of nitrogens with two attached hydrogens (primary N) is 1. The van der Waals surface area contributed by atoms with Gasteiger partial charge in [0.25, 0.3) is 5.91 Å². The third-order valence-corrected chi connectivity index (χ3v) is 8.48. The molecule has 37 heavy (non-hydrogen) atoms. The lowest BCUT2D eigenvalue weighted by Crippen LogP contribution is -2.65. The molecule has 10 nitrogen and oxygen atoms in total. The molecule has 11 heteroatoms. The first-order valence-corrected chi connectivity index (χ1v) is 12.2. The topological polar surface area (TPSA) is 165 Å². The average molecular weight is 516 g/mol. The van der Waals surface area contributed by atoms with Gasteiger partial charge in [0.05, 0.1) is 11.6 Å². The van der Waals surface area contributed by atoms with Crippen LogP contribution in [0.3, 0.4) is 0 Å². The zero-order valence-electron chi connectivity index (χ0n) is 21.0. The number of benzene rings is 1. The van der Waals surface area contributed by atoms with Gasteiger partial charge in [-0.25, -0.2) is 4.39 Å². The number of hydrogen-bond acceptors (Lipinski definition) is 9. The highest BCUT2D eigenvalue weighted by Gasteiger charge is 2.64. The number of aliphatic hydroxyl groups excluding tert-OH is 2. The van der Waals surface area contributed by atoms with Crippen molar-refractivity contribution in [1.29, 1.82) is 0 Å². The fourth-order valence-corrected chi connectivity index (χ4v) is 6.60. The fraction of sp³-hybridized carbons (Fsp3) is 0.500. The minimum atomic E-state index is -2.72. The zero-order chi connectivity index (χ0) is 27.3. The van der Waals surface area contributed by atoms with Crippen molar-refractivity contribution in [3.8, 4) is 5.75 Å². The van der Waals surface area contributed by atoms with Crippen molar-refractivity contribution >= 4 is 23.2 Å². The number of Topliss-reactive ketones (excluding diaryl/α,β-unsaturated/α-hetero) is 2. The molecule has 0 unspecified atom stereocenters. The van der Waals surface area contributed by atoms with Gasteiger partial charge in [-0.2, -0.15) is 0 Å². The number of aliphatic hydroxyl groups is 3. The van der Waals surface area contributed by atoms with Gasteiger partial charge < -0.3 is 26.2 Å². The third-order valence-electron chi connectivity index (χ3n) is 8.48. The number of fused-ring (bicyclic) bond motifs is 4. The SMILES string of the molecule is CC(C)N1Cc2c(O)c3c(c(F)c2C1)C[C@H]1C[C@H]2[C@H](N(C)C)C(=O)C(C(N)=O)=C(O)[C@@]2(O)C(=O)C1=C3O. The molecule has 0 saturated heterocycles. The predicted octanol–water partition coefficient (Wildman–Crippen LogP) is 0.827. The molecular weight excluding hydrogens is 485 g/mol. The number of nitrogens with zero attached hydrogens (tertiary/aromatic N) is 2. The van der Waals surface area contributed by atoms with E-state index in [0.717, 1.165) is 0 Å². The number of primary amides is 1. The molecule has 1 aromatic rings. The molecular formula is C26H30FN3O7. The van der Waals surface area contributed by atoms with Crippen molar-refractivity contribution in [1.82, 2.24) is 9.80 Å². The smallest absolute Gasteiger partial charge is 0.255 e. The summed E-state index contributed by atoms with van der Waals surface area (Å²) in [6.45, 7) is 4.43. The summed E-state index contributed by atoms with van der Waals surface area (Å²) in [5.74, 6) is -7.98. The largest absolute Gasteiger partial charge is 0.508 e. The third kappa shape index (κ3) is 3.17. The van der Waals surface area contributed by atoms with Crippen LogP contribution in [0.5, 0.6) is 5.75 Å². The summed E-state index contributed by atoms with van der Waals surface area (Å²) in [5.41, 5.74) is 1.95. The van der Waals surface area contributed by atoms with Gasteiger partial charge in [0.2, 0.25) is 5.78 Å². The van der Waals surface area contributed by atoms with Gasteiger partial charge in [0.1, 0.15) is 28.7 Å². The maximum atomic E-state index is 15.8. The molecule has 6 N–H and O–H groups in total. The van der Waals surface area contributed by atoms with Crippen molar-refractivity contribution in [3.63, 3.8) is 0 Å². The minimum absolute atomic E-state index is 0.0625. The Kier molecular flexibility index (Phi) is 5.56. The summed E-state index contributed by atoms with van der Waals surface area (Å²) in [6.07, 6.45) is -0.149. The Morgan fingerprint density at radius 2 is 1.76 bits per heavy atom. The standard InChI is InChI=1S/C26H30FN3O7/c1-9(2)30-7-12-13(8-30)20(31)16-11(18(12)27)5-10-6-14-19(29(3)4)22(33)17(25(28)36)24(35)26(14,37)23(34)15(10)21(16)32/h9-10,14,19,31-32,35,37H,5-8H2,1-4H3,(H2,28,36)/t10-,14-,19-,26-/m0/s1. The lowest BCUT2D eigenvalue weighted by atomic mass is 9.57. The van der Waals surface area contributed by atoms with Gasteiger partial charge in [0, 0.05) is 47.3 Å². The molecule has 198 valence electrons. The summed E-state index contributed by atoms with van der Waals surface area (Å²) < 4.78 is 15.8. The van der Waals surface area contributed by atoms with E-state index in [-0.39, 0.29) is 54.4 Å². The molecule has 1 fully saturated rings. The van der Waals surface area contributed by atoms with Gasteiger partial charge in [-0.3, -0.25) is 24.2 Å². The molecule has 1 aliphatic heterocycles. The van der Waals surface area contributed by atoms with E-state index in [2.05, 4.69) is 0 Å². The van der Waals surface area contributed by atoms with E-state index in [4.69, 9.17) is 5.73 Å². The van der Waals surface area contributed by atoms with Gasteiger partial charge in [0.15, 0.2) is 11.4 Å². The Balaban J connectivity index is 1.72. The van der Waals surface area contributed by atoms with Crippen LogP contribution in [0.1, 0.15) is 42.5 Å². The van der Waals surface area contributed by atoms with Crippen LogP contribution in [-0.4, -0.2) is 79.5 Å². The first-order valence-electron chi connectivity index (χ1n) is 12.2. The molecule has 4 aliphatic rings. The lowest BCUT2D eigenvalue weighted by Gasteiger charge is -2.50. The monoisotopic (exact) mass is 515 g/mol. The number of carbonyl (C=O) groups excluding carboxylic acids is 3. The molecule has 4 atom stereocenters.